The standard InChI is InChI=1S/C18H24N4O2S/c1-3-21(4-2)17(23)13-6-5-9-22(11-13)18(25)19-15-8-7-14-12-24-20-16(14)10-15/h7-8,10,12-13H,3-6,9,11H2,1-2H3,(H,19,25)/t13-/m0/s1. The van der Waals surface area contributed by atoms with Crippen molar-refractivity contribution in [2.24, 2.45) is 5.92 Å². The first-order chi connectivity index (χ1) is 12.1. The summed E-state index contributed by atoms with van der Waals surface area (Å²) < 4.78 is 4.96. The zero-order chi connectivity index (χ0) is 17.8. The van der Waals surface area contributed by atoms with Crippen LogP contribution in [0.5, 0.6) is 0 Å². The number of hydrogen-bond donors (Lipinski definition) is 1. The number of nitrogens with one attached hydrogen (secondary N) is 1. The maximum Gasteiger partial charge on any atom is 0.227 e. The number of hydrogen-bond acceptors (Lipinski definition) is 4. The van der Waals surface area contributed by atoms with E-state index in [1.165, 1.54) is 0 Å². The zero-order valence-electron chi connectivity index (χ0n) is 14.7. The summed E-state index contributed by atoms with van der Waals surface area (Å²) in [5.74, 6) is 0.257. The van der Waals surface area contributed by atoms with Crippen molar-refractivity contribution in [2.75, 3.05) is 31.5 Å². The Morgan fingerprint density at radius 2 is 2.24 bits per heavy atom. The Hall–Kier alpha value is -2.15. The molecule has 2 aromatic rings. The highest BCUT2D eigenvalue weighted by Gasteiger charge is 2.29. The summed E-state index contributed by atoms with van der Waals surface area (Å²) in [6.07, 6.45) is 3.52. The molecule has 1 fully saturated rings. The Labute approximate surface area is 153 Å². The van der Waals surface area contributed by atoms with Gasteiger partial charge in [-0.2, -0.15) is 0 Å². The molecule has 0 radical (unpaired) electrons. The number of thiocarbonyl (C=S) groups is 1. The second-order valence-corrected chi connectivity index (χ2v) is 6.70. The van der Waals surface area contributed by atoms with Crippen molar-refractivity contribution in [3.05, 3.63) is 24.5 Å². The highest BCUT2D eigenvalue weighted by Crippen LogP contribution is 2.22. The van der Waals surface area contributed by atoms with Gasteiger partial charge in [-0.1, -0.05) is 5.16 Å². The van der Waals surface area contributed by atoms with E-state index in [-0.39, 0.29) is 11.8 Å². The Balaban J connectivity index is 1.64. The van der Waals surface area contributed by atoms with Gasteiger partial charge in [-0.25, -0.2) is 0 Å². The molecular formula is C18H24N4O2S. The fourth-order valence-corrected chi connectivity index (χ4v) is 3.58. The van der Waals surface area contributed by atoms with Crippen molar-refractivity contribution in [3.63, 3.8) is 0 Å². The number of piperidine rings is 1. The van der Waals surface area contributed by atoms with Crippen molar-refractivity contribution < 1.29 is 9.32 Å². The van der Waals surface area contributed by atoms with E-state index in [4.69, 9.17) is 16.7 Å². The van der Waals surface area contributed by atoms with Gasteiger partial charge >= 0.3 is 0 Å². The quantitative estimate of drug-likeness (QED) is 0.846. The smallest absolute Gasteiger partial charge is 0.227 e. The van der Waals surface area contributed by atoms with Crippen LogP contribution in [0.25, 0.3) is 10.9 Å². The van der Waals surface area contributed by atoms with E-state index in [1.807, 2.05) is 36.9 Å². The Morgan fingerprint density at radius 3 is 3.00 bits per heavy atom. The average Bonchev–Trinajstić information content (AvgIpc) is 3.10. The molecule has 1 aliphatic heterocycles. The van der Waals surface area contributed by atoms with Crippen LogP contribution < -0.4 is 5.32 Å². The molecule has 1 aromatic carbocycles. The minimum absolute atomic E-state index is 0.0198. The van der Waals surface area contributed by atoms with E-state index in [2.05, 4.69) is 15.4 Å². The lowest BCUT2D eigenvalue weighted by atomic mass is 9.96. The third-order valence-corrected chi connectivity index (χ3v) is 5.11. The largest absolute Gasteiger partial charge is 0.364 e. The number of likely N-dealkylation sites (tertiary alicyclic amines) is 1. The molecule has 0 spiro atoms. The van der Waals surface area contributed by atoms with Crippen LogP contribution >= 0.6 is 12.2 Å². The van der Waals surface area contributed by atoms with Crippen LogP contribution in [0.1, 0.15) is 26.7 Å². The average molecular weight is 360 g/mol. The van der Waals surface area contributed by atoms with Crippen LogP contribution in [0, 0.1) is 5.92 Å². The van der Waals surface area contributed by atoms with Gasteiger partial charge in [-0.05, 0) is 57.1 Å². The number of carbonyl (C=O) groups excluding carboxylic acids is 1. The molecule has 1 saturated heterocycles. The van der Waals surface area contributed by atoms with Gasteiger partial charge in [0.2, 0.25) is 5.91 Å². The van der Waals surface area contributed by atoms with Gasteiger partial charge in [0.15, 0.2) is 5.11 Å². The Morgan fingerprint density at radius 1 is 1.44 bits per heavy atom. The van der Waals surface area contributed by atoms with Gasteiger partial charge in [0.25, 0.3) is 0 Å². The van der Waals surface area contributed by atoms with Gasteiger partial charge in [0, 0.05) is 37.3 Å². The molecule has 6 nitrogen and oxygen atoms in total. The number of aromatic nitrogens is 1. The SMILES string of the molecule is CCN(CC)C(=O)[C@H]1CCCN(C(=S)Nc2ccc3conc3c2)C1. The molecule has 1 aliphatic rings. The second kappa shape index (κ2) is 7.82. The van der Waals surface area contributed by atoms with Crippen LogP contribution in [-0.2, 0) is 4.79 Å². The van der Waals surface area contributed by atoms with Crippen LogP contribution in [0.15, 0.2) is 29.0 Å². The molecule has 0 aliphatic carbocycles. The molecule has 25 heavy (non-hydrogen) atoms. The molecule has 1 atom stereocenters. The molecule has 1 N–H and O–H groups in total. The predicted molar refractivity (Wildman–Crippen MR) is 102 cm³/mol. The first kappa shape index (κ1) is 17.7. The minimum Gasteiger partial charge on any atom is -0.364 e. The summed E-state index contributed by atoms with van der Waals surface area (Å²) in [7, 11) is 0. The van der Waals surface area contributed by atoms with E-state index in [1.54, 1.807) is 6.26 Å². The predicted octanol–water partition coefficient (Wildman–Crippen LogP) is 3.11. The molecule has 7 heteroatoms. The summed E-state index contributed by atoms with van der Waals surface area (Å²) in [6, 6.07) is 5.81. The highest BCUT2D eigenvalue weighted by molar-refractivity contribution is 7.80. The number of fused-ring (bicyclic) bond motifs is 1. The second-order valence-electron chi connectivity index (χ2n) is 6.31. The van der Waals surface area contributed by atoms with Crippen molar-refractivity contribution in [1.29, 1.82) is 0 Å². The number of rotatable bonds is 4. The first-order valence-electron chi connectivity index (χ1n) is 8.81. The van der Waals surface area contributed by atoms with Crippen molar-refractivity contribution in [2.45, 2.75) is 26.7 Å². The summed E-state index contributed by atoms with van der Waals surface area (Å²) in [6.45, 7) is 7.11. The summed E-state index contributed by atoms with van der Waals surface area (Å²) in [5, 5.41) is 8.82. The fourth-order valence-electron chi connectivity index (χ4n) is 3.30. The summed E-state index contributed by atoms with van der Waals surface area (Å²) in [5.41, 5.74) is 1.67. The lowest BCUT2D eigenvalue weighted by Gasteiger charge is -2.36. The molecule has 2 heterocycles. The minimum atomic E-state index is 0.0198. The van der Waals surface area contributed by atoms with E-state index in [0.717, 1.165) is 49.1 Å². The van der Waals surface area contributed by atoms with Crippen LogP contribution in [-0.4, -0.2) is 52.2 Å². The van der Waals surface area contributed by atoms with Crippen LogP contribution in [0.2, 0.25) is 0 Å². The number of amides is 1. The lowest BCUT2D eigenvalue weighted by molar-refractivity contribution is -0.136. The molecule has 3 rings (SSSR count). The van der Waals surface area contributed by atoms with Crippen molar-refractivity contribution in [1.82, 2.24) is 15.0 Å². The maximum absolute atomic E-state index is 12.6. The molecule has 0 saturated carbocycles. The number of anilines is 1. The van der Waals surface area contributed by atoms with Crippen molar-refractivity contribution >= 4 is 39.8 Å². The molecular weight excluding hydrogens is 336 g/mol. The number of benzene rings is 1. The highest BCUT2D eigenvalue weighted by atomic mass is 32.1. The van der Waals surface area contributed by atoms with E-state index in [0.29, 0.717) is 11.7 Å². The third-order valence-electron chi connectivity index (χ3n) is 4.75. The third kappa shape index (κ3) is 3.92. The fraction of sp³-hybridized carbons (Fsp3) is 0.500. The molecule has 0 unspecified atom stereocenters. The van der Waals surface area contributed by atoms with Gasteiger partial charge in [0.1, 0.15) is 11.8 Å². The normalized spacial score (nSPS) is 17.5. The van der Waals surface area contributed by atoms with E-state index in [9.17, 15) is 4.79 Å². The van der Waals surface area contributed by atoms with E-state index >= 15 is 0 Å². The van der Waals surface area contributed by atoms with Gasteiger partial charge < -0.3 is 19.6 Å². The topological polar surface area (TPSA) is 61.6 Å². The number of carbonyl (C=O) groups is 1. The molecule has 1 aromatic heterocycles. The maximum atomic E-state index is 12.6. The zero-order valence-corrected chi connectivity index (χ0v) is 15.5. The van der Waals surface area contributed by atoms with Crippen LogP contribution in [0.4, 0.5) is 5.69 Å². The van der Waals surface area contributed by atoms with Gasteiger partial charge in [-0.15, -0.1) is 0 Å². The lowest BCUT2D eigenvalue weighted by Crippen LogP contribution is -2.47. The van der Waals surface area contributed by atoms with Gasteiger partial charge in [0.05, 0.1) is 5.92 Å². The molecule has 134 valence electrons. The van der Waals surface area contributed by atoms with Crippen LogP contribution in [0.3, 0.4) is 0 Å². The first-order valence-corrected chi connectivity index (χ1v) is 9.22. The number of nitrogens with zero attached hydrogens (tertiary/aromatic N) is 3. The Kier molecular flexibility index (Phi) is 5.53. The molecule has 0 bridgehead atoms. The van der Waals surface area contributed by atoms with Crippen molar-refractivity contribution in [3.8, 4) is 0 Å². The monoisotopic (exact) mass is 360 g/mol. The Bertz CT molecular complexity index is 756. The molecule has 1 amide bonds. The summed E-state index contributed by atoms with van der Waals surface area (Å²) in [4.78, 5) is 16.6. The summed E-state index contributed by atoms with van der Waals surface area (Å²) >= 11 is 5.57. The van der Waals surface area contributed by atoms with Gasteiger partial charge in [-0.3, -0.25) is 4.79 Å². The van der Waals surface area contributed by atoms with E-state index < -0.39 is 0 Å².